The second-order valence-electron chi connectivity index (χ2n) is 5.03. The summed E-state index contributed by atoms with van der Waals surface area (Å²) in [7, 11) is 1.52. The number of rotatable bonds is 2. The van der Waals surface area contributed by atoms with E-state index in [1.165, 1.54) is 7.11 Å². The zero-order valence-corrected chi connectivity index (χ0v) is 13.1. The van der Waals surface area contributed by atoms with E-state index in [1.807, 2.05) is 0 Å². The molecule has 0 N–H and O–H groups in total. The number of hydrogen-bond donors (Lipinski definition) is 0. The molecule has 23 heavy (non-hydrogen) atoms. The summed E-state index contributed by atoms with van der Waals surface area (Å²) in [4.78, 5) is 14.0. The van der Waals surface area contributed by atoms with Crippen LogP contribution in [-0.2, 0) is 11.3 Å². The second kappa shape index (κ2) is 6.19. The lowest BCUT2D eigenvalue weighted by Gasteiger charge is -2.20. The summed E-state index contributed by atoms with van der Waals surface area (Å²) >= 11 is 6.11. The highest BCUT2D eigenvalue weighted by molar-refractivity contribution is 6.30. The average molecular weight is 329 g/mol. The molecule has 0 fully saturated rings. The van der Waals surface area contributed by atoms with Gasteiger partial charge in [-0.2, -0.15) is 5.26 Å². The first-order valence-corrected chi connectivity index (χ1v) is 7.30. The predicted octanol–water partition coefficient (Wildman–Crippen LogP) is 3.15. The Labute approximate surface area is 138 Å². The number of amides is 1. The summed E-state index contributed by atoms with van der Waals surface area (Å²) in [6.45, 7) is 0.182. The van der Waals surface area contributed by atoms with Gasteiger partial charge in [0.2, 0.25) is 0 Å². The van der Waals surface area contributed by atoms with Crippen LogP contribution in [0.5, 0.6) is 11.5 Å². The van der Waals surface area contributed by atoms with E-state index in [-0.39, 0.29) is 12.5 Å². The van der Waals surface area contributed by atoms with Crippen molar-refractivity contribution in [1.29, 1.82) is 5.26 Å². The molecule has 0 saturated heterocycles. The fraction of sp³-hybridized carbons (Fsp3) is 0.176. The van der Waals surface area contributed by atoms with E-state index in [2.05, 4.69) is 6.07 Å². The highest BCUT2D eigenvalue weighted by Crippen LogP contribution is 2.37. The quantitative estimate of drug-likeness (QED) is 0.849. The molecule has 2 aromatic rings. The molecular formula is C17H13ClN2O3. The van der Waals surface area contributed by atoms with Crippen LogP contribution in [0.1, 0.15) is 11.1 Å². The summed E-state index contributed by atoms with van der Waals surface area (Å²) in [5.41, 5.74) is 1.89. The van der Waals surface area contributed by atoms with Gasteiger partial charge in [0.25, 0.3) is 5.91 Å². The van der Waals surface area contributed by atoms with Crippen LogP contribution in [0.25, 0.3) is 0 Å². The van der Waals surface area contributed by atoms with Gasteiger partial charge in [-0.1, -0.05) is 17.7 Å². The van der Waals surface area contributed by atoms with Crippen molar-refractivity contribution in [1.82, 2.24) is 0 Å². The van der Waals surface area contributed by atoms with Gasteiger partial charge in [-0.25, -0.2) is 0 Å². The molecule has 0 unspecified atom stereocenters. The number of benzene rings is 2. The van der Waals surface area contributed by atoms with Gasteiger partial charge < -0.3 is 14.4 Å². The Morgan fingerprint density at radius 1 is 1.35 bits per heavy atom. The normalized spacial score (nSPS) is 13.6. The van der Waals surface area contributed by atoms with Crippen LogP contribution in [0.15, 0.2) is 36.4 Å². The number of anilines is 1. The number of nitrogens with zero attached hydrogens (tertiary/aromatic N) is 2. The van der Waals surface area contributed by atoms with E-state index < -0.39 is 0 Å². The van der Waals surface area contributed by atoms with Gasteiger partial charge in [0.05, 0.1) is 25.3 Å². The van der Waals surface area contributed by atoms with E-state index in [0.717, 1.165) is 5.56 Å². The smallest absolute Gasteiger partial charge is 0.265 e. The molecule has 0 bridgehead atoms. The van der Waals surface area contributed by atoms with Crippen LogP contribution in [0.4, 0.5) is 5.69 Å². The van der Waals surface area contributed by atoms with Crippen molar-refractivity contribution in [2.45, 2.75) is 6.54 Å². The number of carbonyl (C=O) groups is 1. The number of halogens is 1. The fourth-order valence-corrected chi connectivity index (χ4v) is 2.74. The highest BCUT2D eigenvalue weighted by Gasteiger charge is 2.25. The predicted molar refractivity (Wildman–Crippen MR) is 85.8 cm³/mol. The third kappa shape index (κ3) is 2.94. The van der Waals surface area contributed by atoms with E-state index in [1.54, 1.807) is 41.3 Å². The van der Waals surface area contributed by atoms with Crippen LogP contribution < -0.4 is 14.4 Å². The summed E-state index contributed by atoms with van der Waals surface area (Å²) in [6, 6.07) is 12.4. The summed E-state index contributed by atoms with van der Waals surface area (Å²) in [6.07, 6.45) is 0. The highest BCUT2D eigenvalue weighted by atomic mass is 35.5. The number of nitriles is 1. The lowest BCUT2D eigenvalue weighted by atomic mass is 10.1. The van der Waals surface area contributed by atoms with Crippen LogP contribution in [0.3, 0.4) is 0 Å². The number of methoxy groups -OCH3 is 1. The Kier molecular flexibility index (Phi) is 4.09. The average Bonchev–Trinajstić information content (AvgIpc) is 2.73. The minimum atomic E-state index is -0.200. The van der Waals surface area contributed by atoms with Crippen molar-refractivity contribution in [3.63, 3.8) is 0 Å². The van der Waals surface area contributed by atoms with Gasteiger partial charge in [0, 0.05) is 22.3 Å². The Hall–Kier alpha value is -2.71. The topological polar surface area (TPSA) is 62.6 Å². The molecule has 0 saturated carbocycles. The molecule has 2 aromatic carbocycles. The van der Waals surface area contributed by atoms with Gasteiger partial charge in [0.1, 0.15) is 0 Å². The molecule has 5 nitrogen and oxygen atoms in total. The maximum atomic E-state index is 12.4. The standard InChI is InChI=1S/C17H13ClN2O3/c1-22-15-7-13(18)6-12-9-20(16(21)10-23-17(12)15)14-4-2-3-11(5-14)8-19/h2-7H,9-10H2,1H3. The molecule has 0 spiro atoms. The zero-order valence-electron chi connectivity index (χ0n) is 12.4. The number of carbonyl (C=O) groups excluding carboxylic acids is 1. The third-order valence-electron chi connectivity index (χ3n) is 3.57. The largest absolute Gasteiger partial charge is 0.493 e. The molecule has 0 aromatic heterocycles. The number of hydrogen-bond acceptors (Lipinski definition) is 4. The number of fused-ring (bicyclic) bond motifs is 1. The van der Waals surface area contributed by atoms with Crippen molar-refractivity contribution < 1.29 is 14.3 Å². The van der Waals surface area contributed by atoms with Crippen LogP contribution >= 0.6 is 11.6 Å². The fourth-order valence-electron chi connectivity index (χ4n) is 2.50. The number of ether oxygens (including phenoxy) is 2. The van der Waals surface area contributed by atoms with Gasteiger partial charge in [-0.15, -0.1) is 0 Å². The summed E-state index contributed by atoms with van der Waals surface area (Å²) in [5, 5.41) is 9.54. The maximum Gasteiger partial charge on any atom is 0.265 e. The van der Waals surface area contributed by atoms with Crippen molar-refractivity contribution in [3.05, 3.63) is 52.5 Å². The Morgan fingerprint density at radius 2 is 2.17 bits per heavy atom. The lowest BCUT2D eigenvalue weighted by Crippen LogP contribution is -2.32. The summed E-state index contributed by atoms with van der Waals surface area (Å²) in [5.74, 6) is 0.812. The Morgan fingerprint density at radius 3 is 2.91 bits per heavy atom. The molecule has 6 heteroatoms. The van der Waals surface area contributed by atoms with Crippen molar-refractivity contribution >= 4 is 23.2 Å². The molecule has 0 atom stereocenters. The van der Waals surface area contributed by atoms with Crippen LogP contribution in [-0.4, -0.2) is 19.6 Å². The van der Waals surface area contributed by atoms with Crippen molar-refractivity contribution in [2.24, 2.45) is 0 Å². The SMILES string of the molecule is COc1cc(Cl)cc2c1OCC(=O)N(c1cccc(C#N)c1)C2. The zero-order chi connectivity index (χ0) is 16.4. The van der Waals surface area contributed by atoms with E-state index in [0.29, 0.717) is 34.3 Å². The van der Waals surface area contributed by atoms with E-state index >= 15 is 0 Å². The molecule has 1 aliphatic heterocycles. The Balaban J connectivity index is 2.05. The van der Waals surface area contributed by atoms with E-state index in [9.17, 15) is 4.79 Å². The lowest BCUT2D eigenvalue weighted by molar-refractivity contribution is -0.120. The molecular weight excluding hydrogens is 316 g/mol. The Bertz CT molecular complexity index is 814. The first-order chi connectivity index (χ1) is 11.1. The van der Waals surface area contributed by atoms with Gasteiger partial charge in [0.15, 0.2) is 18.1 Å². The molecule has 1 aliphatic rings. The monoisotopic (exact) mass is 328 g/mol. The molecule has 0 radical (unpaired) electrons. The minimum Gasteiger partial charge on any atom is -0.493 e. The molecule has 1 heterocycles. The van der Waals surface area contributed by atoms with Crippen LogP contribution in [0, 0.1) is 11.3 Å². The van der Waals surface area contributed by atoms with Gasteiger partial charge in [-0.3, -0.25) is 4.79 Å². The maximum absolute atomic E-state index is 12.4. The van der Waals surface area contributed by atoms with Gasteiger partial charge >= 0.3 is 0 Å². The summed E-state index contributed by atoms with van der Waals surface area (Å²) < 4.78 is 10.9. The minimum absolute atomic E-state index is 0.109. The van der Waals surface area contributed by atoms with Crippen molar-refractivity contribution in [2.75, 3.05) is 18.6 Å². The van der Waals surface area contributed by atoms with E-state index in [4.69, 9.17) is 26.3 Å². The van der Waals surface area contributed by atoms with Crippen LogP contribution in [0.2, 0.25) is 5.02 Å². The first kappa shape index (κ1) is 15.2. The molecule has 116 valence electrons. The first-order valence-electron chi connectivity index (χ1n) is 6.92. The molecule has 0 aliphatic carbocycles. The third-order valence-corrected chi connectivity index (χ3v) is 3.79. The second-order valence-corrected chi connectivity index (χ2v) is 5.46. The van der Waals surface area contributed by atoms with Gasteiger partial charge in [-0.05, 0) is 24.3 Å². The molecule has 1 amide bonds. The molecule has 3 rings (SSSR count). The van der Waals surface area contributed by atoms with Crippen molar-refractivity contribution in [3.8, 4) is 17.6 Å².